The van der Waals surface area contributed by atoms with E-state index in [1.165, 1.54) is 18.2 Å². The van der Waals surface area contributed by atoms with Crippen molar-refractivity contribution in [2.75, 3.05) is 11.9 Å². The van der Waals surface area contributed by atoms with Gasteiger partial charge in [0, 0.05) is 12.2 Å². The summed E-state index contributed by atoms with van der Waals surface area (Å²) in [4.78, 5) is 4.62. The van der Waals surface area contributed by atoms with Crippen molar-refractivity contribution >= 4 is 5.82 Å². The van der Waals surface area contributed by atoms with Crippen LogP contribution in [0.1, 0.15) is 29.8 Å². The summed E-state index contributed by atoms with van der Waals surface area (Å²) in [6, 6.07) is 4.23. The van der Waals surface area contributed by atoms with E-state index in [2.05, 4.69) is 32.6 Å². The average molecular weight is 260 g/mol. The Morgan fingerprint density at radius 2 is 2.21 bits per heavy atom. The Morgan fingerprint density at radius 1 is 1.26 bits per heavy atom. The average Bonchev–Trinajstić information content (AvgIpc) is 2.84. The first-order valence-corrected chi connectivity index (χ1v) is 6.73. The monoisotopic (exact) mass is 260 g/mol. The van der Waals surface area contributed by atoms with Crippen LogP contribution in [0.3, 0.4) is 0 Å². The van der Waals surface area contributed by atoms with Crippen molar-refractivity contribution in [1.82, 2.24) is 15.2 Å². The Balaban J connectivity index is 1.59. The van der Waals surface area contributed by atoms with Crippen LogP contribution >= 0.6 is 0 Å². The van der Waals surface area contributed by atoms with Crippen molar-refractivity contribution in [1.29, 1.82) is 0 Å². The molecule has 0 aromatic carbocycles. The van der Waals surface area contributed by atoms with Gasteiger partial charge in [-0.15, -0.1) is 0 Å². The van der Waals surface area contributed by atoms with Gasteiger partial charge in [0.15, 0.2) is 5.82 Å². The SMILES string of the molecule is Fc1cn[nH]c1CCCc1ccc2c(n1)NCCC2. The summed E-state index contributed by atoms with van der Waals surface area (Å²) in [5, 5.41) is 9.69. The molecule has 0 saturated heterocycles. The first-order valence-electron chi connectivity index (χ1n) is 6.73. The van der Waals surface area contributed by atoms with Crippen LogP contribution in [0, 0.1) is 5.82 Å². The molecule has 2 aromatic rings. The zero-order chi connectivity index (χ0) is 13.1. The van der Waals surface area contributed by atoms with Crippen LogP contribution in [0.25, 0.3) is 0 Å². The minimum absolute atomic E-state index is 0.250. The number of nitrogens with zero attached hydrogens (tertiary/aromatic N) is 2. The van der Waals surface area contributed by atoms with Gasteiger partial charge in [-0.1, -0.05) is 6.07 Å². The number of nitrogens with one attached hydrogen (secondary N) is 2. The van der Waals surface area contributed by atoms with E-state index < -0.39 is 0 Å². The number of aromatic nitrogens is 3. The highest BCUT2D eigenvalue weighted by atomic mass is 19.1. The molecule has 2 N–H and O–H groups in total. The lowest BCUT2D eigenvalue weighted by Gasteiger charge is -2.17. The second-order valence-corrected chi connectivity index (χ2v) is 4.89. The molecule has 0 saturated carbocycles. The Morgan fingerprint density at radius 3 is 3.05 bits per heavy atom. The Hall–Kier alpha value is -1.91. The number of halogens is 1. The predicted molar refractivity (Wildman–Crippen MR) is 71.6 cm³/mol. The van der Waals surface area contributed by atoms with Crippen molar-refractivity contribution in [2.45, 2.75) is 32.1 Å². The van der Waals surface area contributed by atoms with Gasteiger partial charge in [0.1, 0.15) is 5.82 Å². The fourth-order valence-corrected chi connectivity index (χ4v) is 2.43. The summed E-state index contributed by atoms with van der Waals surface area (Å²) < 4.78 is 13.2. The zero-order valence-corrected chi connectivity index (χ0v) is 10.7. The molecule has 0 aliphatic carbocycles. The van der Waals surface area contributed by atoms with E-state index in [0.29, 0.717) is 12.1 Å². The lowest BCUT2D eigenvalue weighted by Crippen LogP contribution is -2.14. The second-order valence-electron chi connectivity index (χ2n) is 4.89. The van der Waals surface area contributed by atoms with Crippen molar-refractivity contribution in [2.24, 2.45) is 0 Å². The molecule has 3 heterocycles. The Bertz CT molecular complexity index is 564. The molecule has 1 aliphatic heterocycles. The molecular formula is C14H17FN4. The van der Waals surface area contributed by atoms with Crippen LogP contribution in [0.15, 0.2) is 18.3 Å². The highest BCUT2D eigenvalue weighted by Crippen LogP contribution is 2.20. The van der Waals surface area contributed by atoms with E-state index in [9.17, 15) is 4.39 Å². The molecule has 0 atom stereocenters. The smallest absolute Gasteiger partial charge is 0.163 e. The van der Waals surface area contributed by atoms with Crippen LogP contribution in [0.5, 0.6) is 0 Å². The third kappa shape index (κ3) is 2.75. The van der Waals surface area contributed by atoms with E-state index >= 15 is 0 Å². The first-order chi connectivity index (χ1) is 9.33. The molecule has 1 aliphatic rings. The fraction of sp³-hybridized carbons (Fsp3) is 0.429. The number of rotatable bonds is 4. The summed E-state index contributed by atoms with van der Waals surface area (Å²) in [5.74, 6) is 0.775. The molecule has 0 radical (unpaired) electrons. The number of aryl methyl sites for hydroxylation is 3. The quantitative estimate of drug-likeness (QED) is 0.888. The highest BCUT2D eigenvalue weighted by molar-refractivity contribution is 5.46. The molecule has 100 valence electrons. The van der Waals surface area contributed by atoms with Gasteiger partial charge in [-0.25, -0.2) is 9.37 Å². The maximum Gasteiger partial charge on any atom is 0.163 e. The van der Waals surface area contributed by atoms with Crippen LogP contribution < -0.4 is 5.32 Å². The minimum atomic E-state index is -0.250. The Labute approximate surface area is 111 Å². The third-order valence-corrected chi connectivity index (χ3v) is 3.48. The number of anilines is 1. The summed E-state index contributed by atoms with van der Waals surface area (Å²) in [6.45, 7) is 1.00. The van der Waals surface area contributed by atoms with Gasteiger partial charge in [0.2, 0.25) is 0 Å². The molecule has 5 heteroatoms. The molecule has 19 heavy (non-hydrogen) atoms. The maximum atomic E-state index is 13.2. The van der Waals surface area contributed by atoms with Gasteiger partial charge in [0.25, 0.3) is 0 Å². The van der Waals surface area contributed by atoms with E-state index in [0.717, 1.165) is 37.3 Å². The summed E-state index contributed by atoms with van der Waals surface area (Å²) in [5.41, 5.74) is 2.94. The van der Waals surface area contributed by atoms with Crippen LogP contribution in [-0.2, 0) is 19.3 Å². The van der Waals surface area contributed by atoms with Gasteiger partial charge in [0.05, 0.1) is 11.9 Å². The van der Waals surface area contributed by atoms with Crippen LogP contribution in [0.4, 0.5) is 10.2 Å². The molecule has 0 spiro atoms. The second kappa shape index (κ2) is 5.38. The van der Waals surface area contributed by atoms with E-state index in [1.807, 2.05) is 0 Å². The largest absolute Gasteiger partial charge is 0.370 e. The van der Waals surface area contributed by atoms with Crippen molar-refractivity contribution in [3.05, 3.63) is 41.1 Å². The van der Waals surface area contributed by atoms with E-state index in [4.69, 9.17) is 0 Å². The number of fused-ring (bicyclic) bond motifs is 1. The van der Waals surface area contributed by atoms with Crippen LogP contribution in [0.2, 0.25) is 0 Å². The van der Waals surface area contributed by atoms with E-state index in [-0.39, 0.29) is 5.82 Å². The number of aromatic amines is 1. The fourth-order valence-electron chi connectivity index (χ4n) is 2.43. The molecule has 3 rings (SSSR count). The summed E-state index contributed by atoms with van der Waals surface area (Å²) in [7, 11) is 0. The number of hydrogen-bond donors (Lipinski definition) is 2. The number of pyridine rings is 1. The van der Waals surface area contributed by atoms with Gasteiger partial charge >= 0.3 is 0 Å². The zero-order valence-electron chi connectivity index (χ0n) is 10.7. The molecular weight excluding hydrogens is 243 g/mol. The van der Waals surface area contributed by atoms with Gasteiger partial charge in [-0.05, 0) is 43.7 Å². The lowest BCUT2D eigenvalue weighted by atomic mass is 10.1. The molecule has 0 fully saturated rings. The molecule has 0 unspecified atom stereocenters. The van der Waals surface area contributed by atoms with Gasteiger partial charge in [-0.2, -0.15) is 5.10 Å². The van der Waals surface area contributed by atoms with Gasteiger partial charge in [-0.3, -0.25) is 5.10 Å². The van der Waals surface area contributed by atoms with E-state index in [1.54, 1.807) is 0 Å². The molecule has 0 amide bonds. The minimum Gasteiger partial charge on any atom is -0.370 e. The highest BCUT2D eigenvalue weighted by Gasteiger charge is 2.10. The predicted octanol–water partition coefficient (Wildman–Crippen LogP) is 2.48. The molecule has 4 nitrogen and oxygen atoms in total. The maximum absolute atomic E-state index is 13.2. The third-order valence-electron chi connectivity index (χ3n) is 3.48. The summed E-state index contributed by atoms with van der Waals surface area (Å²) in [6.07, 6.45) is 5.88. The summed E-state index contributed by atoms with van der Waals surface area (Å²) >= 11 is 0. The topological polar surface area (TPSA) is 53.6 Å². The standard InChI is InChI=1S/C14H17FN4/c15-12-9-17-19-13(12)5-1-4-11-7-6-10-3-2-8-16-14(10)18-11/h6-7,9H,1-5,8H2,(H,16,18)(H,17,19). The van der Waals surface area contributed by atoms with Crippen molar-refractivity contribution in [3.63, 3.8) is 0 Å². The van der Waals surface area contributed by atoms with Crippen LogP contribution in [-0.4, -0.2) is 21.7 Å². The molecule has 0 bridgehead atoms. The number of hydrogen-bond acceptors (Lipinski definition) is 3. The number of H-pyrrole nitrogens is 1. The Kier molecular flexibility index (Phi) is 3.44. The van der Waals surface area contributed by atoms with Crippen molar-refractivity contribution in [3.8, 4) is 0 Å². The normalized spacial score (nSPS) is 13.9. The first kappa shape index (κ1) is 12.1. The van der Waals surface area contributed by atoms with Crippen molar-refractivity contribution < 1.29 is 4.39 Å². The molecule has 2 aromatic heterocycles. The van der Waals surface area contributed by atoms with Gasteiger partial charge < -0.3 is 5.32 Å². The lowest BCUT2D eigenvalue weighted by molar-refractivity contribution is 0.603.